The van der Waals surface area contributed by atoms with E-state index in [4.69, 9.17) is 44.3 Å². The van der Waals surface area contributed by atoms with Crippen LogP contribution in [0.3, 0.4) is 0 Å². The molecule has 2 atom stereocenters. The van der Waals surface area contributed by atoms with Gasteiger partial charge in [-0.1, -0.05) is 136 Å². The van der Waals surface area contributed by atoms with Crippen LogP contribution >= 0.6 is 34.8 Å². The summed E-state index contributed by atoms with van der Waals surface area (Å²) in [6.45, 7) is 17.4. The molecule has 0 aliphatic rings. The smallest absolute Gasteiger partial charge is 0.265 e. The summed E-state index contributed by atoms with van der Waals surface area (Å²) in [5.41, 5.74) is 7.98. The maximum atomic E-state index is 14.0. The molecular weight excluding hydrogens is 1210 g/mol. The number of rotatable bonds is 21. The Morgan fingerprint density at radius 1 is 0.580 bits per heavy atom. The number of aromatic hydroxyl groups is 3. The van der Waals surface area contributed by atoms with Crippen molar-refractivity contribution in [2.75, 3.05) is 16.0 Å². The number of anilines is 3. The number of hydrogen-bond acceptors (Lipinski definition) is 8. The molecule has 14 nitrogen and oxygen atoms in total. The van der Waals surface area contributed by atoms with Crippen molar-refractivity contribution in [3.05, 3.63) is 180 Å². The number of carbonyl (C=O) groups excluding carboxylic acids is 3. The molecule has 0 saturated heterocycles. The molecule has 0 aliphatic carbocycles. The number of carbonyl (C=O) groups is 3. The fourth-order valence-electron chi connectivity index (χ4n) is 9.74. The van der Waals surface area contributed by atoms with E-state index in [0.717, 1.165) is 97.0 Å². The molecule has 0 radical (unpaired) electrons. The number of para-hydroxylation sites is 2. The van der Waals surface area contributed by atoms with E-state index in [0.29, 0.717) is 40.7 Å². The van der Waals surface area contributed by atoms with E-state index < -0.39 is 70.1 Å². The van der Waals surface area contributed by atoms with E-state index in [2.05, 4.69) is 42.7 Å². The van der Waals surface area contributed by atoms with Crippen LogP contribution in [0.15, 0.2) is 91.0 Å². The zero-order valence-corrected chi connectivity index (χ0v) is 52.4. The predicted molar refractivity (Wildman–Crippen MR) is 336 cm³/mol. The minimum absolute atomic E-state index is 0.0895. The van der Waals surface area contributed by atoms with Gasteiger partial charge in [0.05, 0.1) is 27.1 Å². The van der Waals surface area contributed by atoms with Crippen LogP contribution in [0.25, 0.3) is 16.7 Å². The minimum atomic E-state index is -2.42. The van der Waals surface area contributed by atoms with Crippen LogP contribution in [0, 0.1) is 56.8 Å². The molecule has 6 N–H and O–H groups in total. The highest BCUT2D eigenvalue weighted by Gasteiger charge is 2.31. The highest BCUT2D eigenvalue weighted by atomic mass is 35.5. The third-order valence-electron chi connectivity index (χ3n) is 14.6. The number of amides is 3. The first-order chi connectivity index (χ1) is 41.8. The van der Waals surface area contributed by atoms with Crippen molar-refractivity contribution in [1.29, 1.82) is 0 Å². The molecule has 0 saturated carbocycles. The SMILES string of the molecule is CCCCCc1ccc(OC(C)C(=O)Nc2cc(O)c(NC(=O)c3c(F)c(F)c(F)c(F)c3F)cc2Cl)c(CCCCC)c1.CCc1c(Cl)cc(NC(=O)C(CC)Oc2ccc(C)cc2C)c(O)c1Cl.Cc1cc(C)c(O)c(-n2n3c4ccccc4n23)c1. The van der Waals surface area contributed by atoms with Gasteiger partial charge in [-0.3, -0.25) is 14.4 Å². The van der Waals surface area contributed by atoms with E-state index in [1.165, 1.54) is 29.6 Å². The van der Waals surface area contributed by atoms with E-state index >= 15 is 0 Å². The molecule has 2 unspecified atom stereocenters. The normalized spacial score (nSPS) is 11.9. The van der Waals surface area contributed by atoms with Gasteiger partial charge in [0.1, 0.15) is 45.3 Å². The molecule has 0 bridgehead atoms. The highest BCUT2D eigenvalue weighted by Crippen LogP contribution is 2.41. The van der Waals surface area contributed by atoms with Gasteiger partial charge in [-0.2, -0.15) is 0 Å². The average Bonchev–Trinajstić information content (AvgIpc) is 1.52. The van der Waals surface area contributed by atoms with Crippen LogP contribution in [-0.2, 0) is 28.9 Å². The lowest BCUT2D eigenvalue weighted by Crippen LogP contribution is -2.32. The van der Waals surface area contributed by atoms with Gasteiger partial charge in [-0.15, -0.1) is 14.1 Å². The van der Waals surface area contributed by atoms with Crippen LogP contribution in [0.4, 0.5) is 39.0 Å². The van der Waals surface area contributed by atoms with Crippen LogP contribution in [0.2, 0.25) is 15.1 Å². The number of unbranched alkanes of at least 4 members (excludes halogenated alkanes) is 4. The lowest BCUT2D eigenvalue weighted by molar-refractivity contribution is -0.123. The molecule has 2 aromatic heterocycles. The summed E-state index contributed by atoms with van der Waals surface area (Å²) in [4.78, 5) is 40.0. The fourth-order valence-corrected chi connectivity index (χ4v) is 10.7. The summed E-state index contributed by atoms with van der Waals surface area (Å²) in [6.07, 6.45) is 7.49. The maximum Gasteiger partial charge on any atom is 0.265 e. The van der Waals surface area contributed by atoms with Crippen molar-refractivity contribution >= 4 is 80.6 Å². The Balaban J connectivity index is 0.000000209. The number of benzene rings is 7. The lowest BCUT2D eigenvalue weighted by Gasteiger charge is -2.20. The monoisotopic (exact) mass is 1270 g/mol. The molecule has 0 fully saturated rings. The number of hydrogen-bond donors (Lipinski definition) is 6. The van der Waals surface area contributed by atoms with Gasteiger partial charge >= 0.3 is 0 Å². The summed E-state index contributed by atoms with van der Waals surface area (Å²) < 4.78 is 84.4. The number of nitrogens with zero attached hydrogens (tertiary/aromatic N) is 3. The second-order valence-corrected chi connectivity index (χ2v) is 22.5. The first-order valence-corrected chi connectivity index (χ1v) is 30.0. The molecule has 7 aromatic carbocycles. The summed E-state index contributed by atoms with van der Waals surface area (Å²) in [5.74, 6) is -13.8. The predicted octanol–water partition coefficient (Wildman–Crippen LogP) is 17.3. The Labute approximate surface area is 522 Å². The standard InChI is InChI=1S/C32H34ClF5N2O4.C20H23Cl2NO3.C14H13N3O/c1-4-6-8-10-18-12-13-24(19(14-18)11-9-7-5-2)44-17(3)31(42)39-21-16-23(41)22(15-20(21)33)40-32(43)25-26(34)28(36)30(38)29(37)27(25)35;1-5-13-14(21)10-15(19(24)18(13)22)23-20(25)16(6-2)26-17-8-7-11(3)9-12(17)4;1-9-7-10(2)14(18)13(8-9)17-15-11-5-3-4-6-12(11)16(15)17/h12-17,41H,4-11H2,1-3H3,(H,39,42)(H,40,43);7-10,16,24H,5-6H2,1-4H3,(H,23,25);3-8,18H,1-2H3. The summed E-state index contributed by atoms with van der Waals surface area (Å²) in [7, 11) is 0. The summed E-state index contributed by atoms with van der Waals surface area (Å²) in [5, 5.41) is 38.2. The van der Waals surface area contributed by atoms with Gasteiger partial charge in [-0.05, 0) is 149 Å². The Kier molecular flexibility index (Phi) is 22.7. The van der Waals surface area contributed by atoms with Crippen molar-refractivity contribution in [1.82, 2.24) is 14.1 Å². The molecule has 22 heteroatoms. The van der Waals surface area contributed by atoms with Crippen molar-refractivity contribution in [2.45, 2.75) is 139 Å². The number of phenols is 3. The van der Waals surface area contributed by atoms with E-state index in [9.17, 15) is 51.7 Å². The van der Waals surface area contributed by atoms with Crippen molar-refractivity contribution < 1.29 is 61.1 Å². The fraction of sp³-hybridized carbons (Fsp3) is 0.318. The molecule has 2 heterocycles. The van der Waals surface area contributed by atoms with Crippen LogP contribution in [-0.4, -0.2) is 59.3 Å². The molecule has 0 spiro atoms. The first kappa shape index (κ1) is 67.4. The van der Waals surface area contributed by atoms with Crippen LogP contribution in [0.1, 0.15) is 129 Å². The number of nitrogens with one attached hydrogen (secondary N) is 3. The second-order valence-electron chi connectivity index (χ2n) is 21.3. The Bertz CT molecular complexity index is 3930. The lowest BCUT2D eigenvalue weighted by atomic mass is 10.00. The van der Waals surface area contributed by atoms with Gasteiger partial charge in [0.25, 0.3) is 17.7 Å². The van der Waals surface area contributed by atoms with Crippen molar-refractivity contribution in [2.24, 2.45) is 0 Å². The number of ether oxygens (including phenoxy) is 2. The highest BCUT2D eigenvalue weighted by molar-refractivity contribution is 6.38. The van der Waals surface area contributed by atoms with Gasteiger partial charge in [0.2, 0.25) is 5.82 Å². The molecule has 0 aliphatic heterocycles. The van der Waals surface area contributed by atoms with E-state index in [-0.39, 0.29) is 33.1 Å². The number of aromatic nitrogens is 3. The van der Waals surface area contributed by atoms with Gasteiger partial charge < -0.3 is 40.7 Å². The minimum Gasteiger partial charge on any atom is -0.506 e. The second kappa shape index (κ2) is 29.7. The quantitative estimate of drug-likeness (QED) is 0.0135. The van der Waals surface area contributed by atoms with Crippen LogP contribution < -0.4 is 25.4 Å². The Hall–Kier alpha value is -8.13. The molecule has 468 valence electrons. The molecule has 3 amide bonds. The maximum absolute atomic E-state index is 14.0. The molecule has 88 heavy (non-hydrogen) atoms. The van der Waals surface area contributed by atoms with Crippen molar-refractivity contribution in [3.63, 3.8) is 0 Å². The number of halogens is 8. The zero-order chi connectivity index (χ0) is 64.4. The molecule has 9 rings (SSSR count). The summed E-state index contributed by atoms with van der Waals surface area (Å²) >= 11 is 18.5. The van der Waals surface area contributed by atoms with E-state index in [1.54, 1.807) is 0 Å². The Morgan fingerprint density at radius 3 is 1.76 bits per heavy atom. The molecule has 9 aromatic rings. The Morgan fingerprint density at radius 2 is 1.16 bits per heavy atom. The average molecular weight is 1280 g/mol. The zero-order valence-electron chi connectivity index (χ0n) is 50.1. The number of phenolic OH excluding ortho intramolecular Hbond substituents is 3. The third kappa shape index (κ3) is 15.4. The molecular formula is C66H70Cl3F5N6O8. The van der Waals surface area contributed by atoms with Gasteiger partial charge in [0.15, 0.2) is 41.2 Å². The largest absolute Gasteiger partial charge is 0.506 e. The first-order valence-electron chi connectivity index (χ1n) is 28.8. The van der Waals surface area contributed by atoms with Crippen LogP contribution in [0.5, 0.6) is 28.7 Å². The number of fused-ring (bicyclic) bond motifs is 4. The van der Waals surface area contributed by atoms with Crippen molar-refractivity contribution in [3.8, 4) is 34.4 Å². The topological polar surface area (TPSA) is 180 Å². The van der Waals surface area contributed by atoms with Gasteiger partial charge in [-0.25, -0.2) is 22.0 Å². The summed E-state index contributed by atoms with van der Waals surface area (Å²) in [6, 6.07) is 27.3. The third-order valence-corrected chi connectivity index (χ3v) is 15.6. The van der Waals surface area contributed by atoms with Gasteiger partial charge in [0, 0.05) is 11.1 Å². The number of aryl methyl sites for hydroxylation is 6. The van der Waals surface area contributed by atoms with E-state index in [1.807, 2.05) is 116 Å².